The number of thiophene rings is 1. The molecule has 130 valence electrons. The van der Waals surface area contributed by atoms with Gasteiger partial charge in [0, 0.05) is 18.8 Å². The third kappa shape index (κ3) is 4.42. The number of aromatic carboxylic acids is 1. The number of fused-ring (bicyclic) bond motifs is 1. The highest BCUT2D eigenvalue weighted by atomic mass is 32.1. The topological polar surface area (TPSA) is 114 Å². The standard InChI is InChI=1S/C10H7NO5S.C6H6FN/c1-11(4-12)8-3-6-7(17-8)2-5(9(13)14)10(15)16-6;7-5-1-3-6(8)4-2-5/h2-4H,1H3,(H,13,14);1-4H,8H2. The van der Waals surface area contributed by atoms with Gasteiger partial charge in [-0.05, 0) is 30.3 Å². The van der Waals surface area contributed by atoms with Crippen LogP contribution >= 0.6 is 11.3 Å². The smallest absolute Gasteiger partial charge is 0.351 e. The summed E-state index contributed by atoms with van der Waals surface area (Å²) in [6.45, 7) is 0. The van der Waals surface area contributed by atoms with Crippen LogP contribution in [0, 0.1) is 5.82 Å². The molecule has 0 atom stereocenters. The first-order chi connectivity index (χ1) is 11.8. The Balaban J connectivity index is 0.000000236. The molecule has 0 aliphatic heterocycles. The molecule has 7 nitrogen and oxygen atoms in total. The second-order valence-electron chi connectivity index (χ2n) is 4.83. The Morgan fingerprint density at radius 2 is 1.96 bits per heavy atom. The molecule has 9 heteroatoms. The first-order valence-electron chi connectivity index (χ1n) is 6.82. The SMILES string of the molecule is CN(C=O)c1cc2oc(=O)c(C(=O)O)cc2s1.Nc1ccc(F)cc1. The number of carbonyl (C=O) groups is 2. The minimum absolute atomic E-state index is 0.251. The molecule has 3 N–H and O–H groups in total. The highest BCUT2D eigenvalue weighted by Gasteiger charge is 2.15. The number of carboxylic acid groups (broad SMARTS) is 1. The summed E-state index contributed by atoms with van der Waals surface area (Å²) in [7, 11) is 1.55. The molecular weight excluding hydrogens is 351 g/mol. The van der Waals surface area contributed by atoms with Gasteiger partial charge in [0.25, 0.3) is 0 Å². The summed E-state index contributed by atoms with van der Waals surface area (Å²) in [5, 5.41) is 9.34. The van der Waals surface area contributed by atoms with Crippen molar-refractivity contribution >= 4 is 44.7 Å². The van der Waals surface area contributed by atoms with Crippen LogP contribution in [0.5, 0.6) is 0 Å². The molecule has 0 bridgehead atoms. The van der Waals surface area contributed by atoms with Crippen LogP contribution in [0.3, 0.4) is 0 Å². The molecule has 1 aromatic carbocycles. The van der Waals surface area contributed by atoms with E-state index in [9.17, 15) is 18.8 Å². The van der Waals surface area contributed by atoms with Gasteiger partial charge in [-0.15, -0.1) is 11.3 Å². The molecule has 0 saturated heterocycles. The lowest BCUT2D eigenvalue weighted by Gasteiger charge is -2.04. The van der Waals surface area contributed by atoms with Crippen molar-refractivity contribution in [1.29, 1.82) is 0 Å². The van der Waals surface area contributed by atoms with Gasteiger partial charge >= 0.3 is 11.6 Å². The number of halogens is 1. The van der Waals surface area contributed by atoms with E-state index in [4.69, 9.17) is 15.3 Å². The number of benzene rings is 1. The predicted octanol–water partition coefficient (Wildman–Crippen LogP) is 2.55. The third-order valence-electron chi connectivity index (χ3n) is 3.02. The number of nitrogens with zero attached hydrogens (tertiary/aromatic N) is 1. The molecule has 2 heterocycles. The summed E-state index contributed by atoms with van der Waals surface area (Å²) in [6.07, 6.45) is 0.612. The predicted molar refractivity (Wildman–Crippen MR) is 92.6 cm³/mol. The van der Waals surface area contributed by atoms with Crippen LogP contribution in [0.2, 0.25) is 0 Å². The Bertz CT molecular complexity index is 944. The van der Waals surface area contributed by atoms with E-state index in [1.165, 1.54) is 52.6 Å². The number of carbonyl (C=O) groups excluding carboxylic acids is 1. The monoisotopic (exact) mass is 364 g/mol. The first kappa shape index (κ1) is 18.1. The van der Waals surface area contributed by atoms with Crippen molar-refractivity contribution in [3.63, 3.8) is 0 Å². The second-order valence-corrected chi connectivity index (χ2v) is 5.90. The molecule has 0 aliphatic rings. The van der Waals surface area contributed by atoms with Crippen molar-refractivity contribution in [3.05, 3.63) is 58.2 Å². The quantitative estimate of drug-likeness (QED) is 0.545. The van der Waals surface area contributed by atoms with Gasteiger partial charge in [0.05, 0.1) is 4.70 Å². The van der Waals surface area contributed by atoms with Gasteiger partial charge in [0.1, 0.15) is 16.4 Å². The average Bonchev–Trinajstić information content (AvgIpc) is 2.99. The van der Waals surface area contributed by atoms with E-state index in [0.29, 0.717) is 21.8 Å². The van der Waals surface area contributed by atoms with Crippen molar-refractivity contribution in [3.8, 4) is 0 Å². The molecule has 0 fully saturated rings. The van der Waals surface area contributed by atoms with Crippen molar-refractivity contribution in [1.82, 2.24) is 0 Å². The summed E-state index contributed by atoms with van der Waals surface area (Å²) >= 11 is 1.17. The molecule has 2 aromatic heterocycles. The summed E-state index contributed by atoms with van der Waals surface area (Å²) in [4.78, 5) is 33.9. The van der Waals surface area contributed by atoms with Gasteiger partial charge in [-0.2, -0.15) is 0 Å². The van der Waals surface area contributed by atoms with E-state index in [1.54, 1.807) is 7.05 Å². The van der Waals surface area contributed by atoms with Crippen molar-refractivity contribution in [2.75, 3.05) is 17.7 Å². The maximum atomic E-state index is 12.0. The number of hydrogen-bond donors (Lipinski definition) is 2. The number of nitrogen functional groups attached to an aromatic ring is 1. The van der Waals surface area contributed by atoms with E-state index in [-0.39, 0.29) is 11.4 Å². The lowest BCUT2D eigenvalue weighted by molar-refractivity contribution is -0.107. The summed E-state index contributed by atoms with van der Waals surface area (Å²) in [6, 6.07) is 8.47. The molecule has 3 rings (SSSR count). The molecule has 25 heavy (non-hydrogen) atoms. The van der Waals surface area contributed by atoms with Gasteiger partial charge in [-0.1, -0.05) is 0 Å². The fourth-order valence-corrected chi connectivity index (χ4v) is 2.69. The first-order valence-corrected chi connectivity index (χ1v) is 7.63. The number of carboxylic acids is 1. The molecule has 1 amide bonds. The maximum Gasteiger partial charge on any atom is 0.351 e. The molecule has 0 radical (unpaired) electrons. The van der Waals surface area contributed by atoms with Crippen LogP contribution in [-0.4, -0.2) is 24.5 Å². The minimum atomic E-state index is -1.33. The lowest BCUT2D eigenvalue weighted by atomic mass is 10.3. The zero-order valence-electron chi connectivity index (χ0n) is 12.9. The van der Waals surface area contributed by atoms with Crippen LogP contribution in [0.1, 0.15) is 10.4 Å². The Kier molecular flexibility index (Phi) is 5.50. The Morgan fingerprint density at radius 1 is 1.32 bits per heavy atom. The van der Waals surface area contributed by atoms with Crippen molar-refractivity contribution in [2.45, 2.75) is 0 Å². The highest BCUT2D eigenvalue weighted by molar-refractivity contribution is 7.22. The summed E-state index contributed by atoms with van der Waals surface area (Å²) in [5.74, 6) is -1.58. The normalized spacial score (nSPS) is 10.0. The van der Waals surface area contributed by atoms with Crippen LogP contribution in [0.4, 0.5) is 15.1 Å². The molecule has 0 unspecified atom stereocenters. The van der Waals surface area contributed by atoms with Crippen LogP contribution in [0.15, 0.2) is 45.6 Å². The van der Waals surface area contributed by atoms with Gasteiger partial charge in [-0.3, -0.25) is 4.79 Å². The van der Waals surface area contributed by atoms with Crippen LogP contribution in [0.25, 0.3) is 10.3 Å². The van der Waals surface area contributed by atoms with E-state index in [2.05, 4.69) is 0 Å². The molecule has 0 aliphatic carbocycles. The fourth-order valence-electron chi connectivity index (χ4n) is 1.74. The molecule has 3 aromatic rings. The minimum Gasteiger partial charge on any atom is -0.477 e. The Morgan fingerprint density at radius 3 is 2.48 bits per heavy atom. The van der Waals surface area contributed by atoms with Gasteiger partial charge in [0.15, 0.2) is 5.58 Å². The van der Waals surface area contributed by atoms with Gasteiger partial charge in [0.2, 0.25) is 6.41 Å². The lowest BCUT2D eigenvalue weighted by Crippen LogP contribution is -2.12. The number of hydrogen-bond acceptors (Lipinski definition) is 6. The number of anilines is 2. The van der Waals surface area contributed by atoms with E-state index in [0.717, 1.165) is 0 Å². The van der Waals surface area contributed by atoms with Crippen LogP contribution in [-0.2, 0) is 4.79 Å². The molecule has 0 saturated carbocycles. The zero-order valence-corrected chi connectivity index (χ0v) is 13.7. The summed E-state index contributed by atoms with van der Waals surface area (Å²) in [5.41, 5.74) is 4.80. The number of rotatable bonds is 3. The van der Waals surface area contributed by atoms with E-state index < -0.39 is 17.2 Å². The van der Waals surface area contributed by atoms with Crippen molar-refractivity contribution < 1.29 is 23.5 Å². The van der Waals surface area contributed by atoms with Gasteiger partial charge in [-0.25, -0.2) is 14.0 Å². The average molecular weight is 364 g/mol. The second kappa shape index (κ2) is 7.58. The number of nitrogens with two attached hydrogens (primary N) is 1. The van der Waals surface area contributed by atoms with Gasteiger partial charge < -0.3 is 20.2 Å². The van der Waals surface area contributed by atoms with E-state index >= 15 is 0 Å². The Labute approximate surface area is 144 Å². The highest BCUT2D eigenvalue weighted by Crippen LogP contribution is 2.31. The zero-order chi connectivity index (χ0) is 18.6. The number of amides is 1. The van der Waals surface area contributed by atoms with Crippen molar-refractivity contribution in [2.24, 2.45) is 0 Å². The molecular formula is C16H13FN2O5S. The molecule has 0 spiro atoms. The third-order valence-corrected chi connectivity index (χ3v) is 4.17. The van der Waals surface area contributed by atoms with Crippen LogP contribution < -0.4 is 16.3 Å². The fraction of sp³-hybridized carbons (Fsp3) is 0.0625. The summed E-state index contributed by atoms with van der Waals surface area (Å²) < 4.78 is 17.4. The van der Waals surface area contributed by atoms with E-state index in [1.807, 2.05) is 0 Å². The Hall–Kier alpha value is -3.20. The largest absolute Gasteiger partial charge is 0.477 e. The maximum absolute atomic E-state index is 12.0.